The lowest BCUT2D eigenvalue weighted by Gasteiger charge is -2.11. The summed E-state index contributed by atoms with van der Waals surface area (Å²) in [7, 11) is 0. The SMILES string of the molecule is CC(CNC(=O)c1ccc(CCl)cc1)C1CC1. The summed E-state index contributed by atoms with van der Waals surface area (Å²) in [6.07, 6.45) is 2.64. The molecule has 0 aliphatic heterocycles. The molecule has 1 aromatic carbocycles. The van der Waals surface area contributed by atoms with Crippen molar-refractivity contribution in [3.8, 4) is 0 Å². The Morgan fingerprint density at radius 2 is 2.06 bits per heavy atom. The zero-order valence-electron chi connectivity index (χ0n) is 10.1. The summed E-state index contributed by atoms with van der Waals surface area (Å²) in [5.74, 6) is 1.93. The molecule has 0 aromatic heterocycles. The highest BCUT2D eigenvalue weighted by molar-refractivity contribution is 6.17. The first kappa shape index (κ1) is 12.4. The number of hydrogen-bond acceptors (Lipinski definition) is 1. The van der Waals surface area contributed by atoms with Crippen molar-refractivity contribution in [1.82, 2.24) is 5.32 Å². The molecule has 2 rings (SSSR count). The quantitative estimate of drug-likeness (QED) is 0.800. The van der Waals surface area contributed by atoms with Crippen LogP contribution in [0.1, 0.15) is 35.7 Å². The second-order valence-corrected chi connectivity index (χ2v) is 5.12. The van der Waals surface area contributed by atoms with Crippen molar-refractivity contribution >= 4 is 17.5 Å². The number of alkyl halides is 1. The Hall–Kier alpha value is -1.02. The summed E-state index contributed by atoms with van der Waals surface area (Å²) in [6, 6.07) is 7.45. The monoisotopic (exact) mass is 251 g/mol. The molecule has 1 aliphatic carbocycles. The maximum Gasteiger partial charge on any atom is 0.251 e. The van der Waals surface area contributed by atoms with Crippen LogP contribution in [0.4, 0.5) is 0 Å². The molecule has 1 unspecified atom stereocenters. The van der Waals surface area contributed by atoms with E-state index in [1.54, 1.807) is 0 Å². The van der Waals surface area contributed by atoms with Gasteiger partial charge in [-0.15, -0.1) is 11.6 Å². The minimum absolute atomic E-state index is 0.0126. The van der Waals surface area contributed by atoms with E-state index in [2.05, 4.69) is 12.2 Å². The molecule has 1 amide bonds. The highest BCUT2D eigenvalue weighted by atomic mass is 35.5. The Bertz CT molecular complexity index is 384. The van der Waals surface area contributed by atoms with Crippen molar-refractivity contribution < 1.29 is 4.79 Å². The summed E-state index contributed by atoms with van der Waals surface area (Å²) in [6.45, 7) is 2.98. The van der Waals surface area contributed by atoms with Gasteiger partial charge in [0.2, 0.25) is 0 Å². The van der Waals surface area contributed by atoms with E-state index in [1.807, 2.05) is 24.3 Å². The van der Waals surface area contributed by atoms with Gasteiger partial charge in [0.05, 0.1) is 0 Å². The molecule has 17 heavy (non-hydrogen) atoms. The zero-order valence-corrected chi connectivity index (χ0v) is 10.8. The van der Waals surface area contributed by atoms with Gasteiger partial charge < -0.3 is 5.32 Å². The maximum absolute atomic E-state index is 11.8. The average Bonchev–Trinajstić information content (AvgIpc) is 3.20. The number of nitrogens with one attached hydrogen (secondary N) is 1. The molecule has 1 fully saturated rings. The van der Waals surface area contributed by atoms with Crippen LogP contribution in [0.2, 0.25) is 0 Å². The first-order valence-corrected chi connectivity index (χ1v) is 6.67. The third kappa shape index (κ3) is 3.47. The van der Waals surface area contributed by atoms with Crippen molar-refractivity contribution in [3.05, 3.63) is 35.4 Å². The van der Waals surface area contributed by atoms with Crippen LogP contribution in [0.15, 0.2) is 24.3 Å². The molecule has 3 heteroatoms. The molecule has 0 bridgehead atoms. The second-order valence-electron chi connectivity index (χ2n) is 4.86. The molecule has 1 aromatic rings. The van der Waals surface area contributed by atoms with Crippen molar-refractivity contribution in [1.29, 1.82) is 0 Å². The number of benzene rings is 1. The molecule has 2 nitrogen and oxygen atoms in total. The van der Waals surface area contributed by atoms with Crippen LogP contribution in [0.3, 0.4) is 0 Å². The second kappa shape index (κ2) is 5.54. The Labute approximate surface area is 107 Å². The normalized spacial score (nSPS) is 16.6. The van der Waals surface area contributed by atoms with E-state index >= 15 is 0 Å². The number of carbonyl (C=O) groups is 1. The lowest BCUT2D eigenvalue weighted by atomic mass is 10.1. The molecular weight excluding hydrogens is 234 g/mol. The van der Waals surface area contributed by atoms with Gasteiger partial charge >= 0.3 is 0 Å². The highest BCUT2D eigenvalue weighted by Crippen LogP contribution is 2.36. The molecule has 0 saturated heterocycles. The van der Waals surface area contributed by atoms with E-state index in [0.717, 1.165) is 18.0 Å². The average molecular weight is 252 g/mol. The molecule has 0 radical (unpaired) electrons. The largest absolute Gasteiger partial charge is 0.352 e. The molecule has 0 heterocycles. The van der Waals surface area contributed by atoms with Gasteiger partial charge in [0, 0.05) is 18.0 Å². The third-order valence-electron chi connectivity index (χ3n) is 3.38. The molecule has 1 saturated carbocycles. The molecule has 92 valence electrons. The standard InChI is InChI=1S/C14H18ClNO/c1-10(12-6-7-12)9-16-14(17)13-4-2-11(8-15)3-5-13/h2-5,10,12H,6-9H2,1H3,(H,16,17). The lowest BCUT2D eigenvalue weighted by molar-refractivity contribution is 0.0946. The van der Waals surface area contributed by atoms with Gasteiger partial charge in [-0.2, -0.15) is 0 Å². The Balaban J connectivity index is 1.85. The maximum atomic E-state index is 11.8. The predicted octanol–water partition coefficient (Wildman–Crippen LogP) is 3.20. The van der Waals surface area contributed by atoms with E-state index in [9.17, 15) is 4.79 Å². The number of hydrogen-bond donors (Lipinski definition) is 1. The van der Waals surface area contributed by atoms with Gasteiger partial charge in [-0.1, -0.05) is 19.1 Å². The Kier molecular flexibility index (Phi) is 4.06. The van der Waals surface area contributed by atoms with Crippen molar-refractivity contribution in [2.75, 3.05) is 6.54 Å². The van der Waals surface area contributed by atoms with E-state index in [-0.39, 0.29) is 5.91 Å². The fraction of sp³-hybridized carbons (Fsp3) is 0.500. The highest BCUT2D eigenvalue weighted by Gasteiger charge is 2.27. The molecule has 0 spiro atoms. The summed E-state index contributed by atoms with van der Waals surface area (Å²) in [4.78, 5) is 11.8. The summed E-state index contributed by atoms with van der Waals surface area (Å²) >= 11 is 5.70. The van der Waals surface area contributed by atoms with Gasteiger partial charge in [-0.25, -0.2) is 0 Å². The van der Waals surface area contributed by atoms with Crippen molar-refractivity contribution in [2.45, 2.75) is 25.6 Å². The lowest BCUT2D eigenvalue weighted by Crippen LogP contribution is -2.28. The fourth-order valence-electron chi connectivity index (χ4n) is 1.93. The third-order valence-corrected chi connectivity index (χ3v) is 3.69. The summed E-state index contributed by atoms with van der Waals surface area (Å²) in [5.41, 5.74) is 1.75. The van der Waals surface area contributed by atoms with E-state index in [4.69, 9.17) is 11.6 Å². The van der Waals surface area contributed by atoms with Gasteiger partial charge in [0.15, 0.2) is 0 Å². The zero-order chi connectivity index (χ0) is 12.3. The van der Waals surface area contributed by atoms with Gasteiger partial charge in [0.1, 0.15) is 0 Å². The first-order chi connectivity index (χ1) is 8.20. The summed E-state index contributed by atoms with van der Waals surface area (Å²) in [5, 5.41) is 2.99. The minimum atomic E-state index is 0.0126. The predicted molar refractivity (Wildman–Crippen MR) is 70.2 cm³/mol. The van der Waals surface area contributed by atoms with Crippen LogP contribution in [0.5, 0.6) is 0 Å². The smallest absolute Gasteiger partial charge is 0.251 e. The number of halogens is 1. The van der Waals surface area contributed by atoms with Crippen LogP contribution in [-0.4, -0.2) is 12.5 Å². The van der Waals surface area contributed by atoms with Crippen molar-refractivity contribution in [3.63, 3.8) is 0 Å². The molecule has 1 atom stereocenters. The van der Waals surface area contributed by atoms with E-state index in [0.29, 0.717) is 17.4 Å². The number of rotatable bonds is 5. The van der Waals surface area contributed by atoms with Crippen LogP contribution in [0.25, 0.3) is 0 Å². The molecule has 1 aliphatic rings. The van der Waals surface area contributed by atoms with Crippen LogP contribution >= 0.6 is 11.6 Å². The van der Waals surface area contributed by atoms with Gasteiger partial charge in [-0.05, 0) is 42.4 Å². The van der Waals surface area contributed by atoms with Gasteiger partial charge in [-0.3, -0.25) is 4.79 Å². The van der Waals surface area contributed by atoms with Gasteiger partial charge in [0.25, 0.3) is 5.91 Å². The molecular formula is C14H18ClNO. The number of carbonyl (C=O) groups excluding carboxylic acids is 1. The first-order valence-electron chi connectivity index (χ1n) is 6.14. The minimum Gasteiger partial charge on any atom is -0.352 e. The topological polar surface area (TPSA) is 29.1 Å². The van der Waals surface area contributed by atoms with E-state index < -0.39 is 0 Å². The van der Waals surface area contributed by atoms with E-state index in [1.165, 1.54) is 12.8 Å². The van der Waals surface area contributed by atoms with Crippen LogP contribution < -0.4 is 5.32 Å². The summed E-state index contributed by atoms with van der Waals surface area (Å²) < 4.78 is 0. The van der Waals surface area contributed by atoms with Crippen LogP contribution in [0, 0.1) is 11.8 Å². The Morgan fingerprint density at radius 1 is 1.41 bits per heavy atom. The Morgan fingerprint density at radius 3 is 2.59 bits per heavy atom. The number of amides is 1. The fourth-order valence-corrected chi connectivity index (χ4v) is 2.11. The van der Waals surface area contributed by atoms with Crippen molar-refractivity contribution in [2.24, 2.45) is 11.8 Å². The van der Waals surface area contributed by atoms with Crippen LogP contribution in [-0.2, 0) is 5.88 Å². The molecule has 1 N–H and O–H groups in total.